The lowest BCUT2D eigenvalue weighted by atomic mass is 10.00. The Morgan fingerprint density at radius 2 is 1.93 bits per heavy atom. The number of hydrogen-bond donors (Lipinski definition) is 0. The molecule has 0 saturated carbocycles. The topological polar surface area (TPSA) is 86.3 Å². The molecule has 8 nitrogen and oxygen atoms in total. The summed E-state index contributed by atoms with van der Waals surface area (Å²) in [6, 6.07) is 17.3. The summed E-state index contributed by atoms with van der Waals surface area (Å²) >= 11 is 0. The molecule has 4 aromatic rings. The number of fused-ring (bicyclic) bond motifs is 1. The van der Waals surface area contributed by atoms with Crippen LogP contribution in [0.1, 0.15) is 27.4 Å². The maximum Gasteiger partial charge on any atom is 0.276 e. The van der Waals surface area contributed by atoms with Crippen LogP contribution in [-0.4, -0.2) is 37.3 Å². The van der Waals surface area contributed by atoms with Crippen molar-refractivity contribution in [3.63, 3.8) is 0 Å². The van der Waals surface area contributed by atoms with Crippen LogP contribution < -0.4 is 4.74 Å². The molecule has 30 heavy (non-hydrogen) atoms. The fraction of sp³-hybridized carbons (Fsp3) is 0.182. The van der Waals surface area contributed by atoms with E-state index in [2.05, 4.69) is 27.4 Å². The molecule has 150 valence electrons. The number of benzene rings is 2. The Kier molecular flexibility index (Phi) is 4.72. The largest absolute Gasteiger partial charge is 0.486 e. The van der Waals surface area contributed by atoms with Gasteiger partial charge in [0, 0.05) is 19.2 Å². The molecular formula is C22H19N5O3. The van der Waals surface area contributed by atoms with Crippen LogP contribution in [0.25, 0.3) is 5.69 Å². The average molecular weight is 401 g/mol. The molecule has 0 spiro atoms. The van der Waals surface area contributed by atoms with E-state index in [1.807, 2.05) is 36.4 Å². The third kappa shape index (κ3) is 3.67. The van der Waals surface area contributed by atoms with E-state index in [1.54, 1.807) is 22.0 Å². The monoisotopic (exact) mass is 401 g/mol. The normalized spacial score (nSPS) is 13.1. The first-order valence-corrected chi connectivity index (χ1v) is 9.66. The minimum absolute atomic E-state index is 0.128. The number of nitrogens with zero attached hydrogens (tertiary/aromatic N) is 5. The number of carbonyl (C=O) groups is 1. The van der Waals surface area contributed by atoms with Crippen molar-refractivity contribution in [1.82, 2.24) is 24.8 Å². The van der Waals surface area contributed by atoms with Crippen molar-refractivity contribution in [2.24, 2.45) is 0 Å². The lowest BCUT2D eigenvalue weighted by Crippen LogP contribution is -2.36. The van der Waals surface area contributed by atoms with Gasteiger partial charge >= 0.3 is 0 Å². The predicted octanol–water partition coefficient (Wildman–Crippen LogP) is 3.03. The number of carbonyl (C=O) groups excluding carboxylic acids is 1. The number of rotatable bonds is 5. The second kappa shape index (κ2) is 7.82. The van der Waals surface area contributed by atoms with E-state index >= 15 is 0 Å². The maximum absolute atomic E-state index is 12.8. The Morgan fingerprint density at radius 3 is 2.73 bits per heavy atom. The Balaban J connectivity index is 1.20. The Hall–Kier alpha value is -3.94. The standard InChI is InChI=1S/C22H19N5O3/c28-22(26-10-9-16-3-1-2-4-17(16)12-26)21-11-20(30-25-21)13-29-19-7-5-18(6-8-19)27-15-23-14-24-27/h1-8,11,14-15H,9-10,12-13H2. The lowest BCUT2D eigenvalue weighted by molar-refractivity contribution is 0.0724. The van der Waals surface area contributed by atoms with E-state index in [0.29, 0.717) is 30.3 Å². The van der Waals surface area contributed by atoms with Gasteiger partial charge in [0.05, 0.1) is 5.69 Å². The smallest absolute Gasteiger partial charge is 0.276 e. The zero-order valence-corrected chi connectivity index (χ0v) is 16.1. The van der Waals surface area contributed by atoms with Crippen molar-refractivity contribution in [3.05, 3.63) is 89.8 Å². The average Bonchev–Trinajstić information content (AvgIpc) is 3.50. The molecule has 0 saturated heterocycles. The zero-order chi connectivity index (χ0) is 20.3. The van der Waals surface area contributed by atoms with Gasteiger partial charge in [-0.05, 0) is 41.8 Å². The van der Waals surface area contributed by atoms with Crippen molar-refractivity contribution in [2.45, 2.75) is 19.6 Å². The predicted molar refractivity (Wildman–Crippen MR) is 107 cm³/mol. The molecule has 0 N–H and O–H groups in total. The third-order valence-electron chi connectivity index (χ3n) is 5.10. The molecule has 3 heterocycles. The molecule has 0 aliphatic carbocycles. The Bertz CT molecular complexity index is 1150. The van der Waals surface area contributed by atoms with Gasteiger partial charge in [-0.25, -0.2) is 9.67 Å². The van der Waals surface area contributed by atoms with Gasteiger partial charge < -0.3 is 14.2 Å². The molecule has 0 unspecified atom stereocenters. The van der Waals surface area contributed by atoms with Gasteiger partial charge in [0.25, 0.3) is 5.91 Å². The number of amides is 1. The van der Waals surface area contributed by atoms with Crippen LogP contribution >= 0.6 is 0 Å². The highest BCUT2D eigenvalue weighted by atomic mass is 16.5. The quantitative estimate of drug-likeness (QED) is 0.511. The molecule has 0 radical (unpaired) electrons. The fourth-order valence-corrected chi connectivity index (χ4v) is 3.50. The highest BCUT2D eigenvalue weighted by Gasteiger charge is 2.24. The second-order valence-corrected chi connectivity index (χ2v) is 7.05. The fourth-order valence-electron chi connectivity index (χ4n) is 3.50. The van der Waals surface area contributed by atoms with Crippen molar-refractivity contribution in [3.8, 4) is 11.4 Å². The van der Waals surface area contributed by atoms with Crippen LogP contribution in [0.2, 0.25) is 0 Å². The van der Waals surface area contributed by atoms with E-state index < -0.39 is 0 Å². The van der Waals surface area contributed by atoms with Gasteiger partial charge in [0.1, 0.15) is 25.0 Å². The first-order chi connectivity index (χ1) is 14.8. The molecule has 0 atom stereocenters. The molecular weight excluding hydrogens is 382 g/mol. The van der Waals surface area contributed by atoms with Crippen molar-refractivity contribution in [2.75, 3.05) is 6.54 Å². The molecule has 0 fully saturated rings. The van der Waals surface area contributed by atoms with E-state index in [9.17, 15) is 4.79 Å². The minimum Gasteiger partial charge on any atom is -0.486 e. The summed E-state index contributed by atoms with van der Waals surface area (Å²) in [6.07, 6.45) is 3.96. The van der Waals surface area contributed by atoms with Crippen LogP contribution in [0.4, 0.5) is 0 Å². The summed E-state index contributed by atoms with van der Waals surface area (Å²) in [7, 11) is 0. The third-order valence-corrected chi connectivity index (χ3v) is 5.10. The zero-order valence-electron chi connectivity index (χ0n) is 16.1. The van der Waals surface area contributed by atoms with Gasteiger partial charge in [0.2, 0.25) is 0 Å². The summed E-state index contributed by atoms with van der Waals surface area (Å²) in [5, 5.41) is 8.03. The number of hydrogen-bond acceptors (Lipinski definition) is 6. The van der Waals surface area contributed by atoms with E-state index in [4.69, 9.17) is 9.26 Å². The molecule has 1 aliphatic heterocycles. The minimum atomic E-state index is -0.128. The molecule has 8 heteroatoms. The highest BCUT2D eigenvalue weighted by Crippen LogP contribution is 2.21. The summed E-state index contributed by atoms with van der Waals surface area (Å²) in [5.74, 6) is 1.04. The number of aromatic nitrogens is 4. The molecule has 2 aromatic carbocycles. The van der Waals surface area contributed by atoms with Gasteiger partial charge in [-0.2, -0.15) is 5.10 Å². The summed E-state index contributed by atoms with van der Waals surface area (Å²) in [6.45, 7) is 1.45. The molecule has 1 amide bonds. The van der Waals surface area contributed by atoms with Gasteiger partial charge in [-0.3, -0.25) is 4.79 Å². The van der Waals surface area contributed by atoms with Crippen LogP contribution in [0.5, 0.6) is 5.75 Å². The highest BCUT2D eigenvalue weighted by molar-refractivity contribution is 5.92. The molecule has 1 aliphatic rings. The first-order valence-electron chi connectivity index (χ1n) is 9.66. The summed E-state index contributed by atoms with van der Waals surface area (Å²) < 4.78 is 12.7. The van der Waals surface area contributed by atoms with Crippen LogP contribution in [-0.2, 0) is 19.6 Å². The van der Waals surface area contributed by atoms with Gasteiger partial charge in [-0.15, -0.1) is 0 Å². The van der Waals surface area contributed by atoms with E-state index in [-0.39, 0.29) is 12.5 Å². The van der Waals surface area contributed by atoms with E-state index in [0.717, 1.165) is 12.1 Å². The van der Waals surface area contributed by atoms with Crippen molar-refractivity contribution >= 4 is 5.91 Å². The van der Waals surface area contributed by atoms with Gasteiger partial charge in [-0.1, -0.05) is 29.4 Å². The Labute approximate surface area is 172 Å². The van der Waals surface area contributed by atoms with Crippen LogP contribution in [0, 0.1) is 0 Å². The second-order valence-electron chi connectivity index (χ2n) is 7.05. The van der Waals surface area contributed by atoms with Crippen molar-refractivity contribution in [1.29, 1.82) is 0 Å². The summed E-state index contributed by atoms with van der Waals surface area (Å²) in [5.41, 5.74) is 3.66. The first kappa shape index (κ1) is 18.1. The lowest BCUT2D eigenvalue weighted by Gasteiger charge is -2.28. The van der Waals surface area contributed by atoms with E-state index in [1.165, 1.54) is 17.5 Å². The van der Waals surface area contributed by atoms with Crippen LogP contribution in [0.15, 0.2) is 71.8 Å². The van der Waals surface area contributed by atoms with Gasteiger partial charge in [0.15, 0.2) is 11.5 Å². The molecule has 0 bridgehead atoms. The SMILES string of the molecule is O=C(c1cc(COc2ccc(-n3cncn3)cc2)on1)N1CCc2ccccc2C1. The van der Waals surface area contributed by atoms with Crippen LogP contribution in [0.3, 0.4) is 0 Å². The summed E-state index contributed by atoms with van der Waals surface area (Å²) in [4.78, 5) is 18.5. The molecule has 2 aromatic heterocycles. The molecule has 5 rings (SSSR count). The number of ether oxygens (including phenoxy) is 1. The Morgan fingerprint density at radius 1 is 1.10 bits per heavy atom. The maximum atomic E-state index is 12.8. The van der Waals surface area contributed by atoms with Crippen molar-refractivity contribution < 1.29 is 14.1 Å².